The summed E-state index contributed by atoms with van der Waals surface area (Å²) in [5, 5.41) is 2.72. The molecular weight excluding hydrogens is 727 g/mol. The Morgan fingerprint density at radius 1 is 0.614 bits per heavy atom. The van der Waals surface area contributed by atoms with Gasteiger partial charge in [-0.1, -0.05) is 39.5 Å². The fourth-order valence-electron chi connectivity index (χ4n) is 6.81. The number of benzene rings is 2. The lowest BCUT2D eigenvalue weighted by Gasteiger charge is -2.14. The number of carbonyl (C=O) groups is 2. The van der Waals surface area contributed by atoms with Gasteiger partial charge in [-0.2, -0.15) is 0 Å². The van der Waals surface area contributed by atoms with Gasteiger partial charge in [0.25, 0.3) is 17.0 Å². The number of nitrogens with zero attached hydrogens (tertiary/aromatic N) is 4. The number of aryl methyl sites for hydroxylation is 2. The molecular formula is C45H50F2N6O4. The predicted molar refractivity (Wildman–Crippen MR) is 221 cm³/mol. The van der Waals surface area contributed by atoms with Crippen molar-refractivity contribution >= 4 is 34.4 Å². The van der Waals surface area contributed by atoms with E-state index in [0.29, 0.717) is 33.8 Å². The summed E-state index contributed by atoms with van der Waals surface area (Å²) in [5.74, 6) is -0.948. The molecule has 0 spiro atoms. The number of amides is 1. The SMILES string of the molecule is CC.CC(=O)c1ccn2c(=O)c3c(nc2c1)CCCCCC3.Nc1ccc(F)cc1.O=C(Nc1ccc(F)cc1)c1ccn2c(=O)c3c(nc2c1)CCCCCC3. The molecule has 0 saturated carbocycles. The van der Waals surface area contributed by atoms with E-state index < -0.39 is 0 Å². The van der Waals surface area contributed by atoms with Gasteiger partial charge < -0.3 is 11.1 Å². The first-order chi connectivity index (χ1) is 27.6. The van der Waals surface area contributed by atoms with E-state index in [0.717, 1.165) is 86.7 Å². The minimum absolute atomic E-state index is 0.00603. The van der Waals surface area contributed by atoms with Gasteiger partial charge in [-0.15, -0.1) is 0 Å². The van der Waals surface area contributed by atoms with Crippen LogP contribution in [0.5, 0.6) is 0 Å². The Morgan fingerprint density at radius 3 is 1.49 bits per heavy atom. The lowest BCUT2D eigenvalue weighted by molar-refractivity contribution is 0.101. The average Bonchev–Trinajstić information content (AvgIpc) is 3.19. The molecule has 0 aliphatic heterocycles. The number of ketones is 1. The third-order valence-corrected chi connectivity index (χ3v) is 9.84. The third kappa shape index (κ3) is 11.1. The zero-order valence-electron chi connectivity index (χ0n) is 32.8. The smallest absolute Gasteiger partial charge is 0.261 e. The number of nitrogens with one attached hydrogen (secondary N) is 1. The van der Waals surface area contributed by atoms with Crippen LogP contribution in [0.3, 0.4) is 0 Å². The number of hydrogen-bond acceptors (Lipinski definition) is 7. The fourth-order valence-corrected chi connectivity index (χ4v) is 6.81. The van der Waals surface area contributed by atoms with Crippen molar-refractivity contribution in [3.8, 4) is 0 Å². The van der Waals surface area contributed by atoms with Crippen LogP contribution in [-0.2, 0) is 25.7 Å². The Labute approximate surface area is 330 Å². The molecule has 0 fully saturated rings. The summed E-state index contributed by atoms with van der Waals surface area (Å²) >= 11 is 0. The summed E-state index contributed by atoms with van der Waals surface area (Å²) in [5.41, 5.74) is 11.9. The Hall–Kier alpha value is -6.04. The average molecular weight is 777 g/mol. The molecule has 3 N–H and O–H groups in total. The number of carbonyl (C=O) groups excluding carboxylic acids is 2. The molecule has 0 bridgehead atoms. The summed E-state index contributed by atoms with van der Waals surface area (Å²) in [4.78, 5) is 58.6. The quantitative estimate of drug-likeness (QED) is 0.135. The molecule has 6 aromatic rings. The molecule has 2 aliphatic carbocycles. The summed E-state index contributed by atoms with van der Waals surface area (Å²) in [7, 11) is 0. The fraction of sp³-hybridized carbons (Fsp3) is 0.333. The predicted octanol–water partition coefficient (Wildman–Crippen LogP) is 8.74. The largest absolute Gasteiger partial charge is 0.399 e. The van der Waals surface area contributed by atoms with Crippen molar-refractivity contribution in [2.45, 2.75) is 97.8 Å². The number of fused-ring (bicyclic) bond motifs is 4. The van der Waals surface area contributed by atoms with Crippen LogP contribution in [0.4, 0.5) is 20.2 Å². The maximum Gasteiger partial charge on any atom is 0.261 e. The first-order valence-electron chi connectivity index (χ1n) is 19.7. The van der Waals surface area contributed by atoms with E-state index in [4.69, 9.17) is 5.73 Å². The highest BCUT2D eigenvalue weighted by molar-refractivity contribution is 6.04. The topological polar surface area (TPSA) is 141 Å². The van der Waals surface area contributed by atoms with Gasteiger partial charge in [0.05, 0.1) is 11.4 Å². The standard InChI is InChI=1S/C21H20FN3O2.C16H18N2O2.C6H6FN.C2H6/c22-15-7-9-16(10-8-15)23-20(26)14-11-12-25-19(13-14)24-18-6-4-2-1-3-5-17(18)21(25)27;1-11(19)12-8-9-18-15(10-12)17-14-7-5-3-2-4-6-13(14)16(18)20;7-5-1-3-6(8)4-2-5;1-2/h7-13H,1-6H2,(H,23,26);8-10H,2-7H2,1H3;1-4H,8H2;1-2H3. The maximum absolute atomic E-state index is 13.0. The summed E-state index contributed by atoms with van der Waals surface area (Å²) < 4.78 is 28.1. The van der Waals surface area contributed by atoms with E-state index in [2.05, 4.69) is 15.3 Å². The molecule has 4 aromatic heterocycles. The number of aromatic nitrogens is 4. The maximum atomic E-state index is 13.0. The van der Waals surface area contributed by atoms with Crippen molar-refractivity contribution in [2.24, 2.45) is 0 Å². The normalized spacial score (nSPS) is 13.6. The molecule has 4 heterocycles. The number of anilines is 2. The minimum Gasteiger partial charge on any atom is -0.399 e. The number of nitrogens with two attached hydrogens (primary N) is 1. The van der Waals surface area contributed by atoms with Gasteiger partial charge in [0.2, 0.25) is 0 Å². The summed E-state index contributed by atoms with van der Waals surface area (Å²) in [6, 6.07) is 17.9. The second-order valence-corrected chi connectivity index (χ2v) is 13.9. The highest BCUT2D eigenvalue weighted by atomic mass is 19.1. The van der Waals surface area contributed by atoms with Gasteiger partial charge in [-0.25, -0.2) is 18.7 Å². The Balaban J connectivity index is 0.000000181. The van der Waals surface area contributed by atoms with Crippen molar-refractivity contribution in [3.05, 3.63) is 151 Å². The van der Waals surface area contributed by atoms with E-state index in [9.17, 15) is 28.0 Å². The van der Waals surface area contributed by atoms with Gasteiger partial charge in [0.15, 0.2) is 5.78 Å². The van der Waals surface area contributed by atoms with Gasteiger partial charge >= 0.3 is 0 Å². The zero-order chi connectivity index (χ0) is 40.9. The number of Topliss-reactive ketones (excluding diaryl/α,β-unsaturated/α-hetero) is 1. The van der Waals surface area contributed by atoms with E-state index in [1.54, 1.807) is 41.1 Å². The van der Waals surface area contributed by atoms with Gasteiger partial charge in [-0.3, -0.25) is 28.0 Å². The van der Waals surface area contributed by atoms with Crippen LogP contribution in [0, 0.1) is 11.6 Å². The number of halogens is 2. The second-order valence-electron chi connectivity index (χ2n) is 13.9. The molecule has 2 aromatic carbocycles. The summed E-state index contributed by atoms with van der Waals surface area (Å²) in [6.45, 7) is 5.53. The highest BCUT2D eigenvalue weighted by Crippen LogP contribution is 2.19. The van der Waals surface area contributed by atoms with E-state index in [1.165, 1.54) is 72.7 Å². The molecule has 2 aliphatic rings. The third-order valence-electron chi connectivity index (χ3n) is 9.84. The molecule has 0 radical (unpaired) electrons. The Kier molecular flexibility index (Phi) is 14.9. The number of hydrogen-bond donors (Lipinski definition) is 2. The molecule has 8 rings (SSSR count). The summed E-state index contributed by atoms with van der Waals surface area (Å²) in [6.07, 6.45) is 15.4. The number of rotatable bonds is 3. The van der Waals surface area contributed by atoms with Crippen LogP contribution >= 0.6 is 0 Å². The van der Waals surface area contributed by atoms with E-state index in [1.807, 2.05) is 13.8 Å². The van der Waals surface area contributed by atoms with Crippen LogP contribution in [-0.4, -0.2) is 30.5 Å². The van der Waals surface area contributed by atoms with Crippen molar-refractivity contribution < 1.29 is 18.4 Å². The molecule has 57 heavy (non-hydrogen) atoms. The van der Waals surface area contributed by atoms with Crippen LogP contribution in [0.25, 0.3) is 11.3 Å². The van der Waals surface area contributed by atoms with E-state index >= 15 is 0 Å². The number of nitrogen functional groups attached to an aromatic ring is 1. The Bertz CT molecular complexity index is 2420. The van der Waals surface area contributed by atoms with Crippen LogP contribution in [0.1, 0.15) is 115 Å². The first-order valence-corrected chi connectivity index (χ1v) is 19.7. The van der Waals surface area contributed by atoms with Crippen molar-refractivity contribution in [1.82, 2.24) is 18.8 Å². The first kappa shape index (κ1) is 42.1. The van der Waals surface area contributed by atoms with E-state index in [-0.39, 0.29) is 34.4 Å². The molecule has 298 valence electrons. The van der Waals surface area contributed by atoms with Crippen LogP contribution in [0.2, 0.25) is 0 Å². The molecule has 12 heteroatoms. The number of pyridine rings is 2. The van der Waals surface area contributed by atoms with Crippen molar-refractivity contribution in [3.63, 3.8) is 0 Å². The minimum atomic E-state index is -0.362. The molecule has 1 amide bonds. The lowest BCUT2D eigenvalue weighted by Crippen LogP contribution is -2.24. The molecule has 0 saturated heterocycles. The molecule has 10 nitrogen and oxygen atoms in total. The second kappa shape index (κ2) is 20.2. The zero-order valence-corrected chi connectivity index (χ0v) is 32.8. The lowest BCUT2D eigenvalue weighted by atomic mass is 9.98. The monoisotopic (exact) mass is 776 g/mol. The molecule has 0 atom stereocenters. The molecule has 0 unspecified atom stereocenters. The van der Waals surface area contributed by atoms with Crippen molar-refractivity contribution in [1.29, 1.82) is 0 Å². The van der Waals surface area contributed by atoms with Gasteiger partial charge in [-0.05, 0) is 131 Å². The highest BCUT2D eigenvalue weighted by Gasteiger charge is 2.17. The Morgan fingerprint density at radius 2 is 1.04 bits per heavy atom. The van der Waals surface area contributed by atoms with Crippen LogP contribution in [0.15, 0.2) is 94.8 Å². The van der Waals surface area contributed by atoms with Crippen LogP contribution < -0.4 is 22.2 Å². The van der Waals surface area contributed by atoms with Crippen molar-refractivity contribution in [2.75, 3.05) is 11.1 Å². The van der Waals surface area contributed by atoms with Gasteiger partial charge in [0, 0.05) is 46.0 Å². The van der Waals surface area contributed by atoms with Gasteiger partial charge in [0.1, 0.15) is 22.9 Å².